The summed E-state index contributed by atoms with van der Waals surface area (Å²) in [5.41, 5.74) is 0. The molecule has 1 heterocycles. The van der Waals surface area contributed by atoms with Crippen molar-refractivity contribution < 1.29 is 0 Å². The predicted molar refractivity (Wildman–Crippen MR) is 47.4 cm³/mol. The van der Waals surface area contributed by atoms with E-state index in [1.807, 2.05) is 17.6 Å². The van der Waals surface area contributed by atoms with Crippen LogP contribution in [0.25, 0.3) is 0 Å². The average Bonchev–Trinajstić information content (AvgIpc) is 2.52. The standard InChI is InChI=1S/C7H6N2S2/c8-3-1-6(5-9)7-2-4-10-11-7/h2,4,6-7H,1H2. The molecule has 0 aromatic rings. The number of nitriles is 2. The quantitative estimate of drug-likeness (QED) is 0.615. The van der Waals surface area contributed by atoms with Crippen molar-refractivity contribution in [3.8, 4) is 12.1 Å². The maximum absolute atomic E-state index is 8.66. The van der Waals surface area contributed by atoms with Gasteiger partial charge in [-0.05, 0) is 5.41 Å². The molecule has 0 saturated heterocycles. The molecule has 0 bridgehead atoms. The number of rotatable bonds is 2. The molecule has 0 spiro atoms. The largest absolute Gasteiger partial charge is 0.198 e. The molecule has 1 aliphatic rings. The molecule has 0 saturated carbocycles. The van der Waals surface area contributed by atoms with Gasteiger partial charge in [0.25, 0.3) is 0 Å². The topological polar surface area (TPSA) is 47.6 Å². The van der Waals surface area contributed by atoms with Gasteiger partial charge < -0.3 is 0 Å². The van der Waals surface area contributed by atoms with Gasteiger partial charge >= 0.3 is 0 Å². The third-order valence-electron chi connectivity index (χ3n) is 1.36. The monoisotopic (exact) mass is 182 g/mol. The van der Waals surface area contributed by atoms with Crippen molar-refractivity contribution in [1.82, 2.24) is 0 Å². The highest BCUT2D eigenvalue weighted by atomic mass is 33.1. The molecule has 2 atom stereocenters. The van der Waals surface area contributed by atoms with E-state index in [0.29, 0.717) is 6.42 Å². The van der Waals surface area contributed by atoms with Crippen LogP contribution in [0.15, 0.2) is 11.5 Å². The van der Waals surface area contributed by atoms with E-state index in [2.05, 4.69) is 6.07 Å². The van der Waals surface area contributed by atoms with Gasteiger partial charge in [0.2, 0.25) is 0 Å². The van der Waals surface area contributed by atoms with Gasteiger partial charge in [0, 0.05) is 0 Å². The highest BCUT2D eigenvalue weighted by Gasteiger charge is 2.21. The van der Waals surface area contributed by atoms with Crippen LogP contribution in [0.2, 0.25) is 0 Å². The van der Waals surface area contributed by atoms with Gasteiger partial charge in [-0.25, -0.2) is 0 Å². The molecule has 2 nitrogen and oxygen atoms in total. The Kier molecular flexibility index (Phi) is 3.35. The van der Waals surface area contributed by atoms with E-state index in [1.54, 1.807) is 21.6 Å². The smallest absolute Gasteiger partial charge is 0.0755 e. The maximum Gasteiger partial charge on any atom is 0.0755 e. The van der Waals surface area contributed by atoms with E-state index < -0.39 is 0 Å². The fourth-order valence-electron chi connectivity index (χ4n) is 0.773. The van der Waals surface area contributed by atoms with Gasteiger partial charge in [-0.1, -0.05) is 27.7 Å². The average molecular weight is 182 g/mol. The molecular formula is C7H6N2S2. The van der Waals surface area contributed by atoms with Crippen LogP contribution < -0.4 is 0 Å². The van der Waals surface area contributed by atoms with E-state index in [4.69, 9.17) is 10.5 Å². The zero-order valence-corrected chi connectivity index (χ0v) is 7.36. The van der Waals surface area contributed by atoms with Crippen LogP contribution in [-0.4, -0.2) is 5.25 Å². The van der Waals surface area contributed by atoms with Crippen molar-refractivity contribution >= 4 is 21.6 Å². The van der Waals surface area contributed by atoms with Crippen LogP contribution in [0, 0.1) is 28.6 Å². The second-order valence-corrected chi connectivity index (χ2v) is 4.44. The third-order valence-corrected chi connectivity index (χ3v) is 3.78. The molecule has 2 unspecified atom stereocenters. The fourth-order valence-corrected chi connectivity index (χ4v) is 3.10. The summed E-state index contributed by atoms with van der Waals surface area (Å²) in [5.74, 6) is -0.142. The summed E-state index contributed by atoms with van der Waals surface area (Å²) < 4.78 is 0. The Morgan fingerprint density at radius 3 is 2.82 bits per heavy atom. The molecule has 56 valence electrons. The minimum Gasteiger partial charge on any atom is -0.198 e. The van der Waals surface area contributed by atoms with Gasteiger partial charge in [0.15, 0.2) is 0 Å². The minimum absolute atomic E-state index is 0.142. The lowest BCUT2D eigenvalue weighted by molar-refractivity contribution is 0.715. The van der Waals surface area contributed by atoms with Crippen LogP contribution >= 0.6 is 21.6 Å². The molecule has 0 fully saturated rings. The van der Waals surface area contributed by atoms with Crippen molar-refractivity contribution in [3.05, 3.63) is 11.5 Å². The molecule has 0 radical (unpaired) electrons. The first-order chi connectivity index (χ1) is 5.38. The van der Waals surface area contributed by atoms with Gasteiger partial charge in [0.1, 0.15) is 0 Å². The molecule has 11 heavy (non-hydrogen) atoms. The van der Waals surface area contributed by atoms with E-state index in [0.717, 1.165) is 0 Å². The van der Waals surface area contributed by atoms with Gasteiger partial charge in [-0.3, -0.25) is 0 Å². The molecule has 0 N–H and O–H groups in total. The Bertz CT molecular complexity index is 236. The molecule has 0 aromatic heterocycles. The van der Waals surface area contributed by atoms with Crippen molar-refractivity contribution in [2.45, 2.75) is 11.7 Å². The summed E-state index contributed by atoms with van der Waals surface area (Å²) in [4.78, 5) is 0. The Labute approximate surface area is 73.7 Å². The summed E-state index contributed by atoms with van der Waals surface area (Å²) in [6, 6.07) is 4.15. The number of hydrogen-bond donors (Lipinski definition) is 0. The second-order valence-electron chi connectivity index (χ2n) is 2.08. The van der Waals surface area contributed by atoms with E-state index in [9.17, 15) is 0 Å². The lowest BCUT2D eigenvalue weighted by Crippen LogP contribution is -2.09. The first-order valence-corrected chi connectivity index (χ1v) is 5.41. The minimum atomic E-state index is -0.142. The van der Waals surface area contributed by atoms with Crippen LogP contribution in [0.4, 0.5) is 0 Å². The van der Waals surface area contributed by atoms with Crippen molar-refractivity contribution in [1.29, 1.82) is 10.5 Å². The van der Waals surface area contributed by atoms with Crippen LogP contribution in [-0.2, 0) is 0 Å². The Morgan fingerprint density at radius 1 is 1.55 bits per heavy atom. The summed E-state index contributed by atoms with van der Waals surface area (Å²) in [7, 11) is 3.27. The normalized spacial score (nSPS) is 24.0. The lowest BCUT2D eigenvalue weighted by Gasteiger charge is -2.08. The maximum atomic E-state index is 8.66. The summed E-state index contributed by atoms with van der Waals surface area (Å²) >= 11 is 0. The molecule has 4 heteroatoms. The van der Waals surface area contributed by atoms with Crippen LogP contribution in [0.5, 0.6) is 0 Å². The fraction of sp³-hybridized carbons (Fsp3) is 0.429. The summed E-state index contributed by atoms with van der Waals surface area (Å²) in [6.07, 6.45) is 2.32. The molecule has 0 amide bonds. The lowest BCUT2D eigenvalue weighted by atomic mass is 10.0. The highest BCUT2D eigenvalue weighted by Crippen LogP contribution is 2.39. The van der Waals surface area contributed by atoms with E-state index in [1.165, 1.54) is 0 Å². The first kappa shape index (κ1) is 8.52. The highest BCUT2D eigenvalue weighted by molar-refractivity contribution is 8.78. The Balaban J connectivity index is 2.50. The van der Waals surface area contributed by atoms with Gasteiger partial charge in [-0.15, -0.1) is 0 Å². The Hall–Kier alpha value is -0.580. The van der Waals surface area contributed by atoms with Gasteiger partial charge in [-0.2, -0.15) is 10.5 Å². The summed E-state index contributed by atoms with van der Waals surface area (Å²) in [5, 5.41) is 19.2. The van der Waals surface area contributed by atoms with E-state index >= 15 is 0 Å². The van der Waals surface area contributed by atoms with E-state index in [-0.39, 0.29) is 11.2 Å². The third kappa shape index (κ3) is 2.18. The number of hydrogen-bond acceptors (Lipinski definition) is 4. The zero-order valence-electron chi connectivity index (χ0n) is 5.73. The zero-order chi connectivity index (χ0) is 8.10. The first-order valence-electron chi connectivity index (χ1n) is 3.14. The molecule has 0 aromatic carbocycles. The molecule has 1 rings (SSSR count). The second kappa shape index (κ2) is 4.33. The Morgan fingerprint density at radius 2 is 2.36 bits per heavy atom. The van der Waals surface area contributed by atoms with Crippen molar-refractivity contribution in [2.24, 2.45) is 5.92 Å². The molecule has 1 aliphatic heterocycles. The van der Waals surface area contributed by atoms with Crippen LogP contribution in [0.3, 0.4) is 0 Å². The SMILES string of the molecule is N#CCC(C#N)C1C=CSS1. The number of nitrogens with zero attached hydrogens (tertiary/aromatic N) is 2. The summed E-state index contributed by atoms with van der Waals surface area (Å²) in [6.45, 7) is 0. The van der Waals surface area contributed by atoms with Crippen molar-refractivity contribution in [3.63, 3.8) is 0 Å². The van der Waals surface area contributed by atoms with Crippen LogP contribution in [0.1, 0.15) is 6.42 Å². The van der Waals surface area contributed by atoms with Crippen molar-refractivity contribution in [2.75, 3.05) is 0 Å². The predicted octanol–water partition coefficient (Wildman–Crippen LogP) is 2.32. The molecule has 0 aliphatic carbocycles. The molecular weight excluding hydrogens is 176 g/mol. The van der Waals surface area contributed by atoms with Gasteiger partial charge in [0.05, 0.1) is 29.7 Å².